The number of ether oxygens (including phenoxy) is 1. The van der Waals surface area contributed by atoms with Gasteiger partial charge in [0.2, 0.25) is 0 Å². The molecular formula is C11H18N2OS. The second-order valence-corrected chi connectivity index (χ2v) is 5.00. The maximum atomic E-state index is 5.72. The fourth-order valence-electron chi connectivity index (χ4n) is 2.12. The van der Waals surface area contributed by atoms with Gasteiger partial charge in [-0.05, 0) is 19.3 Å². The Morgan fingerprint density at radius 3 is 3.20 bits per heavy atom. The summed E-state index contributed by atoms with van der Waals surface area (Å²) in [4.78, 5) is 4.37. The van der Waals surface area contributed by atoms with E-state index in [1.54, 1.807) is 11.3 Å². The van der Waals surface area contributed by atoms with E-state index in [1.165, 1.54) is 11.4 Å². The van der Waals surface area contributed by atoms with Gasteiger partial charge in [0.25, 0.3) is 0 Å². The Hall–Kier alpha value is -0.610. The van der Waals surface area contributed by atoms with Crippen LogP contribution in [0.5, 0.6) is 0 Å². The Labute approximate surface area is 94.7 Å². The number of nitrogens with zero attached hydrogens (tertiary/aromatic N) is 1. The summed E-state index contributed by atoms with van der Waals surface area (Å²) < 4.78 is 5.72. The van der Waals surface area contributed by atoms with Gasteiger partial charge in [-0.25, -0.2) is 4.98 Å². The molecule has 2 N–H and O–H groups in total. The van der Waals surface area contributed by atoms with Crippen molar-refractivity contribution in [1.82, 2.24) is 4.98 Å². The predicted molar refractivity (Wildman–Crippen MR) is 63.1 cm³/mol. The van der Waals surface area contributed by atoms with Crippen molar-refractivity contribution in [1.29, 1.82) is 0 Å². The van der Waals surface area contributed by atoms with Crippen molar-refractivity contribution in [3.63, 3.8) is 0 Å². The molecule has 84 valence electrons. The van der Waals surface area contributed by atoms with Crippen LogP contribution < -0.4 is 5.73 Å². The number of nitrogen functional groups attached to an aromatic ring is 1. The fraction of sp³-hybridized carbons (Fsp3) is 0.727. The van der Waals surface area contributed by atoms with Crippen LogP contribution in [0.25, 0.3) is 0 Å². The lowest BCUT2D eigenvalue weighted by Gasteiger charge is -2.28. The minimum Gasteiger partial charge on any atom is -0.383 e. The third-order valence-electron chi connectivity index (χ3n) is 2.87. The highest BCUT2D eigenvalue weighted by molar-refractivity contribution is 7.10. The molecule has 1 aliphatic heterocycles. The highest BCUT2D eigenvalue weighted by atomic mass is 32.1. The van der Waals surface area contributed by atoms with Crippen LogP contribution in [0, 0.1) is 0 Å². The summed E-state index contributed by atoms with van der Waals surface area (Å²) in [7, 11) is 0. The van der Waals surface area contributed by atoms with Gasteiger partial charge in [-0.15, -0.1) is 11.3 Å². The van der Waals surface area contributed by atoms with Crippen molar-refractivity contribution < 1.29 is 4.74 Å². The van der Waals surface area contributed by atoms with E-state index in [0.29, 0.717) is 17.8 Å². The number of nitrogens with two attached hydrogens (primary N) is 1. The molecule has 0 amide bonds. The predicted octanol–water partition coefficient (Wildman–Crippen LogP) is 2.79. The minimum atomic E-state index is 0.430. The zero-order chi connectivity index (χ0) is 10.7. The molecule has 1 aromatic rings. The smallest absolute Gasteiger partial charge is 0.134 e. The summed E-state index contributed by atoms with van der Waals surface area (Å²) in [6.45, 7) is 3.07. The molecule has 1 aliphatic rings. The van der Waals surface area contributed by atoms with E-state index in [-0.39, 0.29) is 0 Å². The molecule has 15 heavy (non-hydrogen) atoms. The molecule has 0 aromatic carbocycles. The van der Waals surface area contributed by atoms with E-state index in [1.807, 2.05) is 5.38 Å². The van der Waals surface area contributed by atoms with E-state index in [4.69, 9.17) is 10.5 Å². The van der Waals surface area contributed by atoms with Gasteiger partial charge in [0.1, 0.15) is 5.82 Å². The zero-order valence-electron chi connectivity index (χ0n) is 9.11. The summed E-state index contributed by atoms with van der Waals surface area (Å²) in [5, 5.41) is 3.12. The lowest BCUT2D eigenvalue weighted by atomic mass is 9.94. The van der Waals surface area contributed by atoms with Crippen LogP contribution in [0.4, 0.5) is 5.82 Å². The van der Waals surface area contributed by atoms with Crippen LogP contribution in [0.15, 0.2) is 5.38 Å². The molecule has 4 heteroatoms. The molecule has 0 bridgehead atoms. The first-order valence-corrected chi connectivity index (χ1v) is 6.50. The van der Waals surface area contributed by atoms with Gasteiger partial charge in [-0.3, -0.25) is 0 Å². The lowest BCUT2D eigenvalue weighted by molar-refractivity contribution is 0.00161. The molecule has 2 rings (SSSR count). The number of aromatic nitrogens is 1. The van der Waals surface area contributed by atoms with Crippen molar-refractivity contribution in [2.75, 3.05) is 12.3 Å². The van der Waals surface area contributed by atoms with E-state index in [9.17, 15) is 0 Å². The van der Waals surface area contributed by atoms with Crippen molar-refractivity contribution in [3.8, 4) is 0 Å². The molecule has 1 saturated heterocycles. The first kappa shape index (κ1) is 10.9. The molecule has 2 atom stereocenters. The third kappa shape index (κ3) is 2.69. The molecule has 0 radical (unpaired) electrons. The number of hydrogen-bond acceptors (Lipinski definition) is 4. The maximum absolute atomic E-state index is 5.72. The maximum Gasteiger partial charge on any atom is 0.134 e. The van der Waals surface area contributed by atoms with Crippen molar-refractivity contribution >= 4 is 17.2 Å². The van der Waals surface area contributed by atoms with Crippen LogP contribution in [0.2, 0.25) is 0 Å². The summed E-state index contributed by atoms with van der Waals surface area (Å²) in [6, 6.07) is 0. The molecule has 2 heterocycles. The van der Waals surface area contributed by atoms with Crippen molar-refractivity contribution in [3.05, 3.63) is 10.4 Å². The normalized spacial score (nSPS) is 26.7. The van der Waals surface area contributed by atoms with Crippen molar-refractivity contribution in [2.24, 2.45) is 0 Å². The van der Waals surface area contributed by atoms with Crippen LogP contribution in [0.1, 0.15) is 43.5 Å². The van der Waals surface area contributed by atoms with Crippen LogP contribution >= 0.6 is 11.3 Å². The molecule has 1 aromatic heterocycles. The van der Waals surface area contributed by atoms with E-state index in [0.717, 1.165) is 25.9 Å². The number of anilines is 1. The summed E-state index contributed by atoms with van der Waals surface area (Å²) in [5.74, 6) is 1.23. The standard InChI is InChI=1S/C11H18N2OS/c1-2-3-9-6-8(4-5-14-9)11-13-10(12)7-15-11/h7-9H,2-6,12H2,1H3/t8-,9-/m0/s1. The first-order valence-electron chi connectivity index (χ1n) is 5.62. The van der Waals surface area contributed by atoms with E-state index >= 15 is 0 Å². The first-order chi connectivity index (χ1) is 7.29. The molecule has 3 nitrogen and oxygen atoms in total. The summed E-state index contributed by atoms with van der Waals surface area (Å²) in [6.07, 6.45) is 4.99. The molecule has 0 saturated carbocycles. The Morgan fingerprint density at radius 2 is 2.53 bits per heavy atom. The highest BCUT2D eigenvalue weighted by Gasteiger charge is 2.25. The summed E-state index contributed by atoms with van der Waals surface area (Å²) in [5.41, 5.74) is 5.65. The average Bonchev–Trinajstić information content (AvgIpc) is 2.66. The van der Waals surface area contributed by atoms with Crippen LogP contribution in [0.3, 0.4) is 0 Å². The molecule has 1 fully saturated rings. The number of hydrogen-bond donors (Lipinski definition) is 1. The molecule has 0 spiro atoms. The molecular weight excluding hydrogens is 208 g/mol. The third-order valence-corrected chi connectivity index (χ3v) is 3.89. The van der Waals surface area contributed by atoms with Gasteiger partial charge in [0.05, 0.1) is 11.1 Å². The van der Waals surface area contributed by atoms with Gasteiger partial charge in [-0.2, -0.15) is 0 Å². The number of rotatable bonds is 3. The second-order valence-electron chi connectivity index (χ2n) is 4.11. The average molecular weight is 226 g/mol. The Kier molecular flexibility index (Phi) is 3.59. The van der Waals surface area contributed by atoms with Gasteiger partial charge in [0, 0.05) is 17.9 Å². The van der Waals surface area contributed by atoms with Gasteiger partial charge < -0.3 is 10.5 Å². The second kappa shape index (κ2) is 4.94. The molecule has 0 unspecified atom stereocenters. The van der Waals surface area contributed by atoms with Gasteiger partial charge in [-0.1, -0.05) is 13.3 Å². The van der Waals surface area contributed by atoms with Gasteiger partial charge >= 0.3 is 0 Å². The monoisotopic (exact) mass is 226 g/mol. The van der Waals surface area contributed by atoms with Crippen LogP contribution in [-0.2, 0) is 4.74 Å². The Morgan fingerprint density at radius 1 is 1.67 bits per heavy atom. The molecule has 0 aliphatic carbocycles. The zero-order valence-corrected chi connectivity index (χ0v) is 9.93. The quantitative estimate of drug-likeness (QED) is 0.862. The van der Waals surface area contributed by atoms with Crippen LogP contribution in [-0.4, -0.2) is 17.7 Å². The van der Waals surface area contributed by atoms with Gasteiger partial charge in [0.15, 0.2) is 0 Å². The topological polar surface area (TPSA) is 48.1 Å². The highest BCUT2D eigenvalue weighted by Crippen LogP contribution is 2.33. The van der Waals surface area contributed by atoms with Crippen molar-refractivity contribution in [2.45, 2.75) is 44.6 Å². The lowest BCUT2D eigenvalue weighted by Crippen LogP contribution is -2.24. The fourth-order valence-corrected chi connectivity index (χ4v) is 2.97. The largest absolute Gasteiger partial charge is 0.383 e. The Balaban J connectivity index is 1.98. The minimum absolute atomic E-state index is 0.430. The van der Waals surface area contributed by atoms with E-state index < -0.39 is 0 Å². The van der Waals surface area contributed by atoms with E-state index in [2.05, 4.69) is 11.9 Å². The summed E-state index contributed by atoms with van der Waals surface area (Å²) >= 11 is 1.68. The number of thiazole rings is 1. The Bertz CT molecular complexity index is 311. The SMILES string of the molecule is CCC[C@H]1C[C@@H](c2nc(N)cs2)CCO1.